The maximum Gasteiger partial charge on any atom is 0.313 e. The van der Waals surface area contributed by atoms with Crippen molar-refractivity contribution in [2.75, 3.05) is 18.1 Å². The molecule has 5 nitrogen and oxygen atoms in total. The van der Waals surface area contributed by atoms with E-state index in [0.717, 1.165) is 50.9 Å². The van der Waals surface area contributed by atoms with Crippen molar-refractivity contribution in [3.05, 3.63) is 60.2 Å². The molecule has 3 heterocycles. The van der Waals surface area contributed by atoms with E-state index >= 15 is 0 Å². The molecule has 0 radical (unpaired) electrons. The molecule has 1 N–H and O–H groups in total. The van der Waals surface area contributed by atoms with Gasteiger partial charge in [0.05, 0.1) is 24.1 Å². The van der Waals surface area contributed by atoms with Gasteiger partial charge in [-0.1, -0.05) is 61.6 Å². The Hall–Kier alpha value is -1.60. The van der Waals surface area contributed by atoms with Gasteiger partial charge in [-0.2, -0.15) is 0 Å². The first-order valence-corrected chi connectivity index (χ1v) is 13.9. The molecule has 0 saturated carbocycles. The number of benzene rings is 1. The Kier molecular flexibility index (Phi) is 9.68. The summed E-state index contributed by atoms with van der Waals surface area (Å²) in [5.41, 5.74) is 1.27. The number of hydrogen-bond acceptors (Lipinski definition) is 5. The number of thioether (sulfide) groups is 1. The molecule has 3 aliphatic heterocycles. The second kappa shape index (κ2) is 12.9. The minimum atomic E-state index is -0.759. The molecule has 0 amide bonds. The lowest BCUT2D eigenvalue weighted by Gasteiger charge is -2.30. The van der Waals surface area contributed by atoms with Crippen LogP contribution in [0.3, 0.4) is 0 Å². The summed E-state index contributed by atoms with van der Waals surface area (Å²) in [6.07, 6.45) is 15.8. The van der Waals surface area contributed by atoms with Gasteiger partial charge in [-0.05, 0) is 50.0 Å². The number of carboxylic acid groups (broad SMARTS) is 1. The van der Waals surface area contributed by atoms with Crippen molar-refractivity contribution < 1.29 is 24.1 Å². The zero-order chi connectivity index (χ0) is 23.8. The highest BCUT2D eigenvalue weighted by molar-refractivity contribution is 8.00. The van der Waals surface area contributed by atoms with Gasteiger partial charge in [0.2, 0.25) is 0 Å². The first kappa shape index (κ1) is 25.5. The van der Waals surface area contributed by atoms with E-state index in [-0.39, 0.29) is 24.1 Å². The van der Waals surface area contributed by atoms with E-state index in [1.807, 2.05) is 0 Å². The van der Waals surface area contributed by atoms with Gasteiger partial charge >= 0.3 is 5.97 Å². The molecule has 3 fully saturated rings. The molecule has 0 spiro atoms. The average molecular weight is 487 g/mol. The molecule has 0 aliphatic carbocycles. The van der Waals surface area contributed by atoms with Gasteiger partial charge in [0.15, 0.2) is 6.29 Å². The molecule has 6 heteroatoms. The number of allylic oxidation sites excluding steroid dienone is 1. The van der Waals surface area contributed by atoms with E-state index in [1.54, 1.807) is 0 Å². The number of aliphatic carboxylic acids is 1. The minimum absolute atomic E-state index is 0.0479. The summed E-state index contributed by atoms with van der Waals surface area (Å²) in [6, 6.07) is 10.6. The number of hydrogen-bond donors (Lipinski definition) is 1. The van der Waals surface area contributed by atoms with Crippen LogP contribution in [0.5, 0.6) is 0 Å². The monoisotopic (exact) mass is 486 g/mol. The van der Waals surface area contributed by atoms with Crippen molar-refractivity contribution in [3.63, 3.8) is 0 Å². The second-order valence-electron chi connectivity index (χ2n) is 9.63. The van der Waals surface area contributed by atoms with E-state index in [9.17, 15) is 4.79 Å². The molecule has 0 aromatic heterocycles. The lowest BCUT2D eigenvalue weighted by Crippen LogP contribution is -2.30. The minimum Gasteiger partial charge on any atom is -0.481 e. The molecule has 1 aromatic carbocycles. The lowest BCUT2D eigenvalue weighted by atomic mass is 9.77. The van der Waals surface area contributed by atoms with Gasteiger partial charge in [-0.3, -0.25) is 4.79 Å². The first-order chi connectivity index (χ1) is 16.6. The summed E-state index contributed by atoms with van der Waals surface area (Å²) < 4.78 is 18.7. The van der Waals surface area contributed by atoms with Gasteiger partial charge in [0.1, 0.15) is 0 Å². The molecule has 2 bridgehead atoms. The van der Waals surface area contributed by atoms with Crippen molar-refractivity contribution in [1.29, 1.82) is 0 Å². The van der Waals surface area contributed by atoms with E-state index in [1.165, 1.54) is 17.3 Å². The Morgan fingerprint density at radius 2 is 2.00 bits per heavy atom. The molecule has 3 unspecified atom stereocenters. The third-order valence-corrected chi connectivity index (χ3v) is 8.17. The fraction of sp³-hybridized carbons (Fsp3) is 0.607. The molecule has 186 valence electrons. The highest BCUT2D eigenvalue weighted by atomic mass is 32.2. The van der Waals surface area contributed by atoms with Crippen LogP contribution in [-0.4, -0.2) is 53.8 Å². The third-order valence-electron chi connectivity index (χ3n) is 7.29. The van der Waals surface area contributed by atoms with Crippen molar-refractivity contribution >= 4 is 17.7 Å². The van der Waals surface area contributed by atoms with Gasteiger partial charge in [0, 0.05) is 24.2 Å². The fourth-order valence-electron chi connectivity index (χ4n) is 5.43. The molecule has 1 aromatic rings. The van der Waals surface area contributed by atoms with Gasteiger partial charge in [-0.25, -0.2) is 0 Å². The predicted octanol–water partition coefficient (Wildman–Crippen LogP) is 5.82. The Morgan fingerprint density at radius 1 is 1.18 bits per heavy atom. The fourth-order valence-corrected chi connectivity index (χ4v) is 5.99. The highest BCUT2D eigenvalue weighted by Crippen LogP contribution is 2.46. The van der Waals surface area contributed by atoms with E-state index in [4.69, 9.17) is 19.3 Å². The maximum absolute atomic E-state index is 10.7. The van der Waals surface area contributed by atoms with E-state index in [2.05, 4.69) is 61.6 Å². The highest BCUT2D eigenvalue weighted by Gasteiger charge is 2.47. The third kappa shape index (κ3) is 6.97. The number of fused-ring (bicyclic) bond motifs is 2. The molecule has 3 saturated heterocycles. The smallest absolute Gasteiger partial charge is 0.313 e. The van der Waals surface area contributed by atoms with Crippen LogP contribution in [0.25, 0.3) is 0 Å². The summed E-state index contributed by atoms with van der Waals surface area (Å²) in [7, 11) is 0. The lowest BCUT2D eigenvalue weighted by molar-refractivity contribution is -0.181. The van der Waals surface area contributed by atoms with Gasteiger partial charge in [-0.15, -0.1) is 11.8 Å². The number of rotatable bonds is 12. The largest absolute Gasteiger partial charge is 0.481 e. The van der Waals surface area contributed by atoms with Crippen LogP contribution < -0.4 is 0 Å². The van der Waals surface area contributed by atoms with Gasteiger partial charge in [0.25, 0.3) is 0 Å². The zero-order valence-corrected chi connectivity index (χ0v) is 20.9. The van der Waals surface area contributed by atoms with Crippen LogP contribution in [0.15, 0.2) is 54.6 Å². The van der Waals surface area contributed by atoms with Crippen molar-refractivity contribution in [1.82, 2.24) is 0 Å². The zero-order valence-electron chi connectivity index (χ0n) is 20.1. The summed E-state index contributed by atoms with van der Waals surface area (Å²) in [5, 5.41) is 8.78. The quantitative estimate of drug-likeness (QED) is 0.297. The molecule has 3 aliphatic rings. The summed E-state index contributed by atoms with van der Waals surface area (Å²) in [6.45, 7) is 3.01. The number of ether oxygens (including phenoxy) is 3. The molecule has 4 rings (SSSR count). The van der Waals surface area contributed by atoms with Crippen LogP contribution >= 0.6 is 11.8 Å². The van der Waals surface area contributed by atoms with Crippen LogP contribution in [0.4, 0.5) is 0 Å². The Bertz CT molecular complexity index is 819. The van der Waals surface area contributed by atoms with Gasteiger partial charge < -0.3 is 19.3 Å². The number of carboxylic acids is 1. The van der Waals surface area contributed by atoms with Crippen molar-refractivity contribution in [2.45, 2.75) is 76.0 Å². The Balaban J connectivity index is 1.41. The SMILES string of the molecule is CC(c1ccccc1)C(/C=C/[C@@H]1[C@H](C/C=C\CSCC(=O)O)[C@@H]2CC[C@H]1O2)OC1CCCCO1. The normalized spacial score (nSPS) is 30.8. The van der Waals surface area contributed by atoms with Crippen LogP contribution in [0.2, 0.25) is 0 Å². The van der Waals surface area contributed by atoms with E-state index < -0.39 is 5.97 Å². The predicted molar refractivity (Wildman–Crippen MR) is 136 cm³/mol. The number of carbonyl (C=O) groups is 1. The molecular formula is C28H38O5S. The maximum atomic E-state index is 10.7. The first-order valence-electron chi connectivity index (χ1n) is 12.7. The second-order valence-corrected chi connectivity index (χ2v) is 10.7. The van der Waals surface area contributed by atoms with Crippen molar-refractivity contribution in [2.24, 2.45) is 11.8 Å². The standard InChI is InChI=1S/C28H38O5S/c1-20(21-9-3-2-4-10-21)24(33-28-12-5-7-17-31-28)14-13-23-22(25-15-16-26(23)32-25)11-6-8-18-34-19-27(29)30/h2-4,6,8-10,13-14,20,22-26,28H,5,7,11-12,15-19H2,1H3,(H,29,30)/b8-6-,14-13+/t20?,22-,23+,24?,25-,26+,28?/m0/s1. The average Bonchev–Trinajstić information content (AvgIpc) is 3.46. The molecular weight excluding hydrogens is 448 g/mol. The van der Waals surface area contributed by atoms with Crippen LogP contribution in [0.1, 0.15) is 56.9 Å². The Labute approximate surface area is 207 Å². The van der Waals surface area contributed by atoms with E-state index in [0.29, 0.717) is 24.0 Å². The molecule has 7 atom stereocenters. The Morgan fingerprint density at radius 3 is 2.76 bits per heavy atom. The summed E-state index contributed by atoms with van der Waals surface area (Å²) >= 11 is 1.43. The van der Waals surface area contributed by atoms with Crippen molar-refractivity contribution in [3.8, 4) is 0 Å². The topological polar surface area (TPSA) is 65.0 Å². The van der Waals surface area contributed by atoms with Crippen LogP contribution in [-0.2, 0) is 19.0 Å². The summed E-state index contributed by atoms with van der Waals surface area (Å²) in [5.74, 6) is 1.21. The molecule has 34 heavy (non-hydrogen) atoms. The summed E-state index contributed by atoms with van der Waals surface area (Å²) in [4.78, 5) is 10.7. The van der Waals surface area contributed by atoms with Crippen LogP contribution in [0, 0.1) is 11.8 Å².